The van der Waals surface area contributed by atoms with Crippen molar-refractivity contribution in [2.45, 2.75) is 51.5 Å². The normalized spacial score (nSPS) is 14.7. The lowest BCUT2D eigenvalue weighted by Gasteiger charge is -2.35. The first-order chi connectivity index (χ1) is 24.4. The second-order valence-electron chi connectivity index (χ2n) is 11.8. The number of imide groups is 1. The van der Waals surface area contributed by atoms with Crippen molar-refractivity contribution < 1.29 is 47.0 Å². The molecule has 3 aromatic rings. The molecule has 2 N–H and O–H groups in total. The van der Waals surface area contributed by atoms with Crippen LogP contribution >= 0.6 is 15.9 Å². The predicted octanol–water partition coefficient (Wildman–Crippen LogP) is 5.40. The fourth-order valence-electron chi connectivity index (χ4n) is 5.18. The fraction of sp³-hybridized carbons (Fsp3) is 0.286. The Labute approximate surface area is 303 Å². The lowest BCUT2D eigenvalue weighted by Crippen LogP contribution is -2.46. The smallest absolute Gasteiger partial charge is 0.417 e. The number of rotatable bonds is 11. The highest BCUT2D eigenvalue weighted by molar-refractivity contribution is 9.10. The molecule has 3 amide bonds. The van der Waals surface area contributed by atoms with Gasteiger partial charge in [0.1, 0.15) is 6.61 Å². The number of carbonyl (C=O) groups is 5. The minimum absolute atomic E-state index is 0.0533. The topological polar surface area (TPSA) is 168 Å². The van der Waals surface area contributed by atoms with Crippen LogP contribution in [0.15, 0.2) is 76.5 Å². The molecule has 274 valence electrons. The van der Waals surface area contributed by atoms with Crippen molar-refractivity contribution in [1.29, 1.82) is 0 Å². The van der Waals surface area contributed by atoms with Gasteiger partial charge >= 0.3 is 18.2 Å². The monoisotopic (exact) mass is 787 g/mol. The number of carbonyl (C=O) groups excluding carboxylic acids is 4. The van der Waals surface area contributed by atoms with Crippen molar-refractivity contribution in [3.8, 4) is 5.69 Å². The molecule has 2 heterocycles. The van der Waals surface area contributed by atoms with E-state index in [0.717, 1.165) is 18.2 Å². The average Bonchev–Trinajstić information content (AvgIpc) is 3.09. The quantitative estimate of drug-likeness (QED) is 0.190. The number of nitrogens with one attached hydrogen (secondary N) is 1. The van der Waals surface area contributed by atoms with Crippen molar-refractivity contribution in [2.24, 2.45) is 0 Å². The summed E-state index contributed by atoms with van der Waals surface area (Å²) in [5.41, 5.74) is -0.739. The maximum atomic E-state index is 14.1. The van der Waals surface area contributed by atoms with Gasteiger partial charge in [0.15, 0.2) is 5.78 Å². The third-order valence-corrected chi connectivity index (χ3v) is 8.73. The minimum Gasteiger partial charge on any atom is -0.478 e. The van der Waals surface area contributed by atoms with E-state index >= 15 is 0 Å². The van der Waals surface area contributed by atoms with Gasteiger partial charge in [0.25, 0.3) is 17.4 Å². The zero-order valence-corrected chi connectivity index (χ0v) is 29.7. The Balaban J connectivity index is 1.59. The van der Waals surface area contributed by atoms with Crippen LogP contribution in [0.3, 0.4) is 0 Å². The number of aromatic nitrogens is 2. The van der Waals surface area contributed by atoms with E-state index in [1.165, 1.54) is 46.8 Å². The van der Waals surface area contributed by atoms with Gasteiger partial charge in [-0.25, -0.2) is 24.0 Å². The Morgan fingerprint density at radius 2 is 1.79 bits per heavy atom. The molecule has 1 aliphatic heterocycles. The Hall–Kier alpha value is -5.58. The van der Waals surface area contributed by atoms with E-state index in [0.29, 0.717) is 22.2 Å². The van der Waals surface area contributed by atoms with Gasteiger partial charge in [-0.2, -0.15) is 13.2 Å². The third kappa shape index (κ3) is 9.01. The number of aliphatic carboxylic acids is 1. The summed E-state index contributed by atoms with van der Waals surface area (Å²) in [7, 11) is 1.17. The van der Waals surface area contributed by atoms with Crippen molar-refractivity contribution in [2.75, 3.05) is 19.0 Å². The second-order valence-corrected chi connectivity index (χ2v) is 12.6. The highest BCUT2D eigenvalue weighted by Gasteiger charge is 2.36. The second kappa shape index (κ2) is 16.2. The first-order valence-corrected chi connectivity index (χ1v) is 16.4. The molecule has 0 fully saturated rings. The highest BCUT2D eigenvalue weighted by atomic mass is 79.9. The van der Waals surface area contributed by atoms with Gasteiger partial charge < -0.3 is 20.1 Å². The van der Waals surface area contributed by atoms with Gasteiger partial charge in [0, 0.05) is 52.8 Å². The van der Waals surface area contributed by atoms with E-state index in [-0.39, 0.29) is 59.3 Å². The molecule has 2 unspecified atom stereocenters. The molecule has 1 aromatic heterocycles. The summed E-state index contributed by atoms with van der Waals surface area (Å²) in [6.07, 6.45) is -2.93. The highest BCUT2D eigenvalue weighted by Crippen LogP contribution is 2.36. The lowest BCUT2D eigenvalue weighted by atomic mass is 9.98. The number of carboxylic acid groups (broad SMARTS) is 1. The van der Waals surface area contributed by atoms with Crippen LogP contribution < -0.4 is 10.9 Å². The Bertz CT molecular complexity index is 2010. The largest absolute Gasteiger partial charge is 0.478 e. The summed E-state index contributed by atoms with van der Waals surface area (Å²) in [5.74, 6) is -3.24. The number of carboxylic acids is 1. The molecule has 0 saturated heterocycles. The van der Waals surface area contributed by atoms with Gasteiger partial charge in [-0.05, 0) is 68.8 Å². The molecule has 13 nitrogen and oxygen atoms in total. The van der Waals surface area contributed by atoms with Gasteiger partial charge in [0.2, 0.25) is 5.95 Å². The average molecular weight is 789 g/mol. The number of amides is 3. The predicted molar refractivity (Wildman–Crippen MR) is 185 cm³/mol. The molecule has 0 aliphatic carbocycles. The Kier molecular flexibility index (Phi) is 12.2. The van der Waals surface area contributed by atoms with Gasteiger partial charge in [-0.15, -0.1) is 6.58 Å². The van der Waals surface area contributed by atoms with Gasteiger partial charge in [-0.1, -0.05) is 22.0 Å². The molecule has 52 heavy (non-hydrogen) atoms. The fourth-order valence-corrected chi connectivity index (χ4v) is 5.66. The Morgan fingerprint density at radius 1 is 1.13 bits per heavy atom. The number of hydrogen-bond acceptors (Lipinski definition) is 9. The van der Waals surface area contributed by atoms with Crippen LogP contribution in [0.2, 0.25) is 0 Å². The molecule has 2 aromatic carbocycles. The number of halogens is 4. The van der Waals surface area contributed by atoms with E-state index in [2.05, 4.69) is 32.8 Å². The van der Waals surface area contributed by atoms with Gasteiger partial charge in [0.05, 0.1) is 23.5 Å². The maximum absolute atomic E-state index is 14.1. The summed E-state index contributed by atoms with van der Waals surface area (Å²) >= 11 is 2.89. The van der Waals surface area contributed by atoms with Crippen LogP contribution in [0.25, 0.3) is 5.69 Å². The molecule has 0 spiro atoms. The molecule has 4 rings (SSSR count). The molecule has 17 heteroatoms. The van der Waals surface area contributed by atoms with E-state index in [9.17, 15) is 41.9 Å². The van der Waals surface area contributed by atoms with Crippen molar-refractivity contribution >= 4 is 51.5 Å². The van der Waals surface area contributed by atoms with Crippen LogP contribution in [0.4, 0.5) is 23.9 Å². The number of fused-ring (bicyclic) bond motifs is 1. The van der Waals surface area contributed by atoms with Crippen molar-refractivity contribution in [3.63, 3.8) is 0 Å². The number of alkyl halides is 3. The van der Waals surface area contributed by atoms with E-state index in [4.69, 9.17) is 9.84 Å². The summed E-state index contributed by atoms with van der Waals surface area (Å²) in [6, 6.07) is 7.95. The summed E-state index contributed by atoms with van der Waals surface area (Å²) in [5, 5.41) is 11.7. The number of allylic oxidation sites excluding steroid dienone is 1. The van der Waals surface area contributed by atoms with E-state index < -0.39 is 53.0 Å². The molecule has 0 radical (unpaired) electrons. The summed E-state index contributed by atoms with van der Waals surface area (Å²) < 4.78 is 46.7. The van der Waals surface area contributed by atoms with Crippen LogP contribution in [0, 0.1) is 0 Å². The first-order valence-electron chi connectivity index (χ1n) is 15.6. The molecule has 2 atom stereocenters. The summed E-state index contributed by atoms with van der Waals surface area (Å²) in [4.78, 5) is 81.9. The molecule has 0 saturated carbocycles. The standard InChI is InChI=1S/C35H33BrF3N5O8/c1-5-19(2)40-33-41-28-18-43(31(49)22-8-12-27(36)26(17-22)35(37,38)39)20(3)16-25(28)32(50)44(33)23-9-6-21(7-10-23)30(48)42(4)34(51)52-15-14-24(45)11-13-29(46)47/h5-13,17,19-20H,1,14-16,18H2,2-4H3,(H,40,41)(H,46,47)/b13-11-. The van der Waals surface area contributed by atoms with Crippen LogP contribution in [0.1, 0.15) is 57.8 Å². The minimum atomic E-state index is -4.69. The Morgan fingerprint density at radius 3 is 2.40 bits per heavy atom. The maximum Gasteiger partial charge on any atom is 0.417 e. The lowest BCUT2D eigenvalue weighted by molar-refractivity contribution is -0.138. The molecular formula is C35H33BrF3N5O8. The number of anilines is 1. The van der Waals surface area contributed by atoms with Crippen LogP contribution in [-0.2, 0) is 33.5 Å². The zero-order chi connectivity index (χ0) is 38.5. The van der Waals surface area contributed by atoms with E-state index in [1.54, 1.807) is 19.9 Å². The van der Waals surface area contributed by atoms with E-state index in [1.807, 2.05) is 0 Å². The van der Waals surface area contributed by atoms with Crippen LogP contribution in [0.5, 0.6) is 0 Å². The molecular weight excluding hydrogens is 755 g/mol. The molecule has 0 bridgehead atoms. The number of hydrogen-bond donors (Lipinski definition) is 2. The molecule has 1 aliphatic rings. The van der Waals surface area contributed by atoms with Crippen LogP contribution in [-0.4, -0.2) is 79.9 Å². The number of ketones is 1. The number of ether oxygens (including phenoxy) is 1. The number of benzene rings is 2. The van der Waals surface area contributed by atoms with Crippen molar-refractivity contribution in [1.82, 2.24) is 19.4 Å². The number of nitrogens with zero attached hydrogens (tertiary/aromatic N) is 4. The third-order valence-electron chi connectivity index (χ3n) is 8.04. The summed E-state index contributed by atoms with van der Waals surface area (Å²) in [6.45, 7) is 6.64. The SMILES string of the molecule is C=CC(C)Nc1nc2c(c(=O)n1-c1ccc(C(=O)N(C)C(=O)OCCC(=O)/C=C\C(=O)O)cc1)CC(C)N(C(=O)c1ccc(Br)c(C(F)(F)F)c1)C2. The first kappa shape index (κ1) is 39.2. The van der Waals surface area contributed by atoms with Crippen molar-refractivity contribution in [3.05, 3.63) is 110 Å². The van der Waals surface area contributed by atoms with Gasteiger partial charge in [-0.3, -0.25) is 19.2 Å². The zero-order valence-electron chi connectivity index (χ0n) is 28.1.